The van der Waals surface area contributed by atoms with Gasteiger partial charge in [0.25, 0.3) is 0 Å². The van der Waals surface area contributed by atoms with E-state index >= 15 is 0 Å². The van der Waals surface area contributed by atoms with Gasteiger partial charge in [-0.05, 0) is 55.5 Å². The molecule has 6 nitrogen and oxygen atoms in total. The molecule has 2 N–H and O–H groups in total. The number of thiocarbonyl (C=S) groups is 1. The van der Waals surface area contributed by atoms with E-state index in [2.05, 4.69) is 15.8 Å². The molecule has 0 aliphatic heterocycles. The highest BCUT2D eigenvalue weighted by atomic mass is 32.1. The maximum Gasteiger partial charge on any atom is 0.186 e. The summed E-state index contributed by atoms with van der Waals surface area (Å²) in [5.74, 6) is 0.800. The van der Waals surface area contributed by atoms with E-state index in [0.717, 1.165) is 34.8 Å². The van der Waals surface area contributed by atoms with Crippen LogP contribution in [0.25, 0.3) is 16.9 Å². The number of rotatable bonds is 6. The zero-order chi connectivity index (χ0) is 19.1. The van der Waals surface area contributed by atoms with Gasteiger partial charge in [-0.2, -0.15) is 10.2 Å². The third-order valence-corrected chi connectivity index (χ3v) is 4.07. The van der Waals surface area contributed by atoms with Crippen LogP contribution in [0.15, 0.2) is 65.9 Å². The summed E-state index contributed by atoms with van der Waals surface area (Å²) in [6, 6.07) is 17.7. The Hall–Kier alpha value is -3.19. The van der Waals surface area contributed by atoms with Crippen molar-refractivity contribution in [2.24, 2.45) is 5.10 Å². The maximum atomic E-state index is 5.24. The molecule has 0 amide bonds. The maximum absolute atomic E-state index is 5.24. The number of nitrogens with one attached hydrogen (secondary N) is 2. The van der Waals surface area contributed by atoms with Gasteiger partial charge >= 0.3 is 0 Å². The first-order chi connectivity index (χ1) is 13.2. The molecule has 3 aromatic rings. The van der Waals surface area contributed by atoms with E-state index in [1.807, 2.05) is 72.4 Å². The van der Waals surface area contributed by atoms with Gasteiger partial charge in [-0.25, -0.2) is 4.68 Å². The summed E-state index contributed by atoms with van der Waals surface area (Å²) in [5.41, 5.74) is 6.45. The zero-order valence-electron chi connectivity index (χ0n) is 15.2. The molecule has 3 rings (SSSR count). The van der Waals surface area contributed by atoms with Gasteiger partial charge in [0.05, 0.1) is 19.0 Å². The second-order valence-electron chi connectivity index (χ2n) is 5.67. The minimum atomic E-state index is 0.482. The Kier molecular flexibility index (Phi) is 6.17. The monoisotopic (exact) mass is 379 g/mol. The topological polar surface area (TPSA) is 63.5 Å². The molecule has 0 aliphatic rings. The lowest BCUT2D eigenvalue weighted by Crippen LogP contribution is -2.31. The van der Waals surface area contributed by atoms with Crippen LogP contribution < -0.4 is 15.5 Å². The van der Waals surface area contributed by atoms with E-state index in [1.165, 1.54) is 0 Å². The summed E-state index contributed by atoms with van der Waals surface area (Å²) in [4.78, 5) is 0. The van der Waals surface area contributed by atoms with E-state index < -0.39 is 0 Å². The highest BCUT2D eigenvalue weighted by molar-refractivity contribution is 7.80. The van der Waals surface area contributed by atoms with Gasteiger partial charge in [0.1, 0.15) is 11.4 Å². The predicted molar refractivity (Wildman–Crippen MR) is 113 cm³/mol. The number of aromatic nitrogens is 2. The fourth-order valence-electron chi connectivity index (χ4n) is 2.53. The summed E-state index contributed by atoms with van der Waals surface area (Å²) >= 11 is 5.13. The Labute approximate surface area is 163 Å². The molecular formula is C20H21N5OS. The zero-order valence-corrected chi connectivity index (χ0v) is 16.0. The number of benzene rings is 2. The molecule has 0 radical (unpaired) electrons. The van der Waals surface area contributed by atoms with Gasteiger partial charge in [0.2, 0.25) is 0 Å². The summed E-state index contributed by atoms with van der Waals surface area (Å²) < 4.78 is 7.08. The number of hydrogen-bond acceptors (Lipinski definition) is 4. The van der Waals surface area contributed by atoms with Gasteiger partial charge in [0, 0.05) is 23.9 Å². The Morgan fingerprint density at radius 1 is 1.19 bits per heavy atom. The molecule has 138 valence electrons. The fraction of sp³-hybridized carbons (Fsp3) is 0.150. The summed E-state index contributed by atoms with van der Waals surface area (Å²) in [5, 5.41) is 12.5. The normalized spacial score (nSPS) is 10.7. The van der Waals surface area contributed by atoms with Crippen molar-refractivity contribution in [3.8, 4) is 22.7 Å². The van der Waals surface area contributed by atoms with Gasteiger partial charge < -0.3 is 10.1 Å². The first-order valence-corrected chi connectivity index (χ1v) is 8.98. The Morgan fingerprint density at radius 3 is 2.59 bits per heavy atom. The van der Waals surface area contributed by atoms with Crippen LogP contribution in [-0.4, -0.2) is 34.8 Å². The van der Waals surface area contributed by atoms with E-state index in [0.29, 0.717) is 5.11 Å². The molecule has 27 heavy (non-hydrogen) atoms. The quantitative estimate of drug-likeness (QED) is 0.391. The molecule has 0 fully saturated rings. The van der Waals surface area contributed by atoms with Gasteiger partial charge in [-0.3, -0.25) is 5.43 Å². The van der Waals surface area contributed by atoms with E-state index in [1.54, 1.807) is 13.3 Å². The summed E-state index contributed by atoms with van der Waals surface area (Å²) in [6.45, 7) is 2.72. The number of nitrogens with zero attached hydrogens (tertiary/aromatic N) is 3. The third-order valence-electron chi connectivity index (χ3n) is 3.83. The standard InChI is InChI=1S/C20H21N5OS/c1-3-21-20(27)23-22-13-16-14-25(17-7-5-4-6-8-17)24-19(16)15-9-11-18(26-2)12-10-15/h4-14H,3H2,1-2H3,(H2,21,23,27). The smallest absolute Gasteiger partial charge is 0.186 e. The SMILES string of the molecule is CCNC(=S)NN=Cc1cn(-c2ccccc2)nc1-c1ccc(OC)cc1. The lowest BCUT2D eigenvalue weighted by atomic mass is 10.1. The average molecular weight is 379 g/mol. The van der Waals surface area contributed by atoms with Gasteiger partial charge in [-0.15, -0.1) is 0 Å². The molecule has 1 aromatic heterocycles. The Morgan fingerprint density at radius 2 is 1.93 bits per heavy atom. The van der Waals surface area contributed by atoms with Crippen LogP contribution in [0.3, 0.4) is 0 Å². The number of methoxy groups -OCH3 is 1. The van der Waals surface area contributed by atoms with Crippen LogP contribution in [0.2, 0.25) is 0 Å². The minimum absolute atomic E-state index is 0.482. The molecule has 0 unspecified atom stereocenters. The first kappa shape index (κ1) is 18.6. The third kappa shape index (κ3) is 4.71. The molecule has 1 heterocycles. The van der Waals surface area contributed by atoms with Crippen LogP contribution >= 0.6 is 12.2 Å². The number of ether oxygens (including phenoxy) is 1. The first-order valence-electron chi connectivity index (χ1n) is 8.57. The second kappa shape index (κ2) is 8.95. The van der Waals surface area contributed by atoms with Gasteiger partial charge in [-0.1, -0.05) is 18.2 Å². The largest absolute Gasteiger partial charge is 0.497 e. The van der Waals surface area contributed by atoms with Crippen molar-refractivity contribution in [1.29, 1.82) is 0 Å². The molecule has 2 aromatic carbocycles. The lowest BCUT2D eigenvalue weighted by Gasteiger charge is -2.03. The molecule has 0 saturated heterocycles. The average Bonchev–Trinajstić information content (AvgIpc) is 3.13. The second-order valence-corrected chi connectivity index (χ2v) is 6.08. The van der Waals surface area contributed by atoms with Crippen molar-refractivity contribution in [3.63, 3.8) is 0 Å². The van der Waals surface area contributed by atoms with Crippen LogP contribution in [-0.2, 0) is 0 Å². The number of hydrogen-bond donors (Lipinski definition) is 2. The van der Waals surface area contributed by atoms with Gasteiger partial charge in [0.15, 0.2) is 5.11 Å². The van der Waals surface area contributed by atoms with Crippen LogP contribution in [0.4, 0.5) is 0 Å². The minimum Gasteiger partial charge on any atom is -0.497 e. The van der Waals surface area contributed by atoms with E-state index in [9.17, 15) is 0 Å². The fourth-order valence-corrected chi connectivity index (χ4v) is 2.73. The van der Waals surface area contributed by atoms with E-state index in [4.69, 9.17) is 22.1 Å². The van der Waals surface area contributed by atoms with Crippen molar-refractivity contribution in [1.82, 2.24) is 20.5 Å². The number of hydrazone groups is 1. The number of para-hydroxylation sites is 1. The summed E-state index contributed by atoms with van der Waals surface area (Å²) in [7, 11) is 1.65. The van der Waals surface area contributed by atoms with Crippen LogP contribution in [0, 0.1) is 0 Å². The lowest BCUT2D eigenvalue weighted by molar-refractivity contribution is 0.415. The Bertz CT molecular complexity index is 919. The van der Waals surface area contributed by atoms with Crippen molar-refractivity contribution in [3.05, 3.63) is 66.4 Å². The van der Waals surface area contributed by atoms with E-state index in [-0.39, 0.29) is 0 Å². The molecule has 0 aliphatic carbocycles. The van der Waals surface area contributed by atoms with Crippen molar-refractivity contribution in [2.45, 2.75) is 6.92 Å². The predicted octanol–water partition coefficient (Wildman–Crippen LogP) is 3.37. The van der Waals surface area contributed by atoms with Crippen molar-refractivity contribution < 1.29 is 4.74 Å². The van der Waals surface area contributed by atoms with Crippen molar-refractivity contribution in [2.75, 3.05) is 13.7 Å². The highest BCUT2D eigenvalue weighted by Crippen LogP contribution is 2.24. The van der Waals surface area contributed by atoms with Crippen LogP contribution in [0.1, 0.15) is 12.5 Å². The Balaban J connectivity index is 1.94. The molecule has 0 spiro atoms. The molecular weight excluding hydrogens is 358 g/mol. The highest BCUT2D eigenvalue weighted by Gasteiger charge is 2.11. The van der Waals surface area contributed by atoms with Crippen molar-refractivity contribution >= 4 is 23.5 Å². The molecule has 0 bridgehead atoms. The molecule has 7 heteroatoms. The molecule has 0 atom stereocenters. The summed E-state index contributed by atoms with van der Waals surface area (Å²) in [6.07, 6.45) is 3.66. The van der Waals surface area contributed by atoms with Crippen LogP contribution in [0.5, 0.6) is 5.75 Å². The molecule has 0 saturated carbocycles.